The number of hydrazone groups is 1. The number of halogens is 1. The van der Waals surface area contributed by atoms with Gasteiger partial charge in [-0.05, 0) is 29.8 Å². The Morgan fingerprint density at radius 3 is 2.62 bits per heavy atom. The van der Waals surface area contributed by atoms with E-state index in [0.717, 1.165) is 16.2 Å². The summed E-state index contributed by atoms with van der Waals surface area (Å²) >= 11 is 0. The van der Waals surface area contributed by atoms with Gasteiger partial charge in [0.05, 0.1) is 25.1 Å². The first kappa shape index (κ1) is 16.4. The molecule has 3 rings (SSSR count). The molecule has 5 nitrogen and oxygen atoms in total. The molecule has 7 heteroatoms. The fraction of sp³-hybridized carbons (Fsp3) is 0.235. The molecule has 2 aromatic rings. The number of nitrogens with zero attached hydrogens (tertiary/aromatic N) is 2. The monoisotopic (exact) mass is 348 g/mol. The summed E-state index contributed by atoms with van der Waals surface area (Å²) in [5.74, 6) is 0.256. The lowest BCUT2D eigenvalue weighted by Crippen LogP contribution is -2.26. The van der Waals surface area contributed by atoms with Crippen molar-refractivity contribution in [1.29, 1.82) is 0 Å². The smallest absolute Gasteiger partial charge is 0.247 e. The van der Waals surface area contributed by atoms with Crippen LogP contribution in [-0.4, -0.2) is 31.9 Å². The molecule has 0 radical (unpaired) electrons. The maximum absolute atomic E-state index is 13.5. The van der Waals surface area contributed by atoms with Crippen molar-refractivity contribution in [3.8, 4) is 5.75 Å². The van der Waals surface area contributed by atoms with Gasteiger partial charge in [0.15, 0.2) is 0 Å². The molecule has 1 atom stereocenters. The Balaban J connectivity index is 2.01. The summed E-state index contributed by atoms with van der Waals surface area (Å²) in [6.45, 7) is 0. The first-order valence-electron chi connectivity index (χ1n) is 7.35. The lowest BCUT2D eigenvalue weighted by atomic mass is 9.99. The fourth-order valence-corrected chi connectivity index (χ4v) is 3.64. The van der Waals surface area contributed by atoms with Gasteiger partial charge in [-0.25, -0.2) is 12.8 Å². The van der Waals surface area contributed by atoms with Crippen molar-refractivity contribution in [2.75, 3.05) is 13.4 Å². The summed E-state index contributed by atoms with van der Waals surface area (Å²) in [5, 5.41) is 4.28. The lowest BCUT2D eigenvalue weighted by Gasteiger charge is -2.21. The van der Waals surface area contributed by atoms with Crippen LogP contribution < -0.4 is 4.74 Å². The lowest BCUT2D eigenvalue weighted by molar-refractivity contribution is 0.373. The number of hydrogen-bond donors (Lipinski definition) is 0. The third kappa shape index (κ3) is 3.26. The van der Waals surface area contributed by atoms with Crippen molar-refractivity contribution >= 4 is 15.7 Å². The van der Waals surface area contributed by atoms with E-state index in [9.17, 15) is 12.8 Å². The van der Waals surface area contributed by atoms with E-state index < -0.39 is 21.9 Å². The highest BCUT2D eigenvalue weighted by Crippen LogP contribution is 2.35. The molecule has 0 aliphatic carbocycles. The van der Waals surface area contributed by atoms with E-state index >= 15 is 0 Å². The molecule has 0 N–H and O–H groups in total. The Kier molecular flexibility index (Phi) is 4.28. The third-order valence-corrected chi connectivity index (χ3v) is 4.86. The van der Waals surface area contributed by atoms with Gasteiger partial charge >= 0.3 is 0 Å². The normalized spacial score (nSPS) is 17.7. The zero-order valence-corrected chi connectivity index (χ0v) is 14.1. The summed E-state index contributed by atoms with van der Waals surface area (Å²) < 4.78 is 44.0. The molecule has 0 spiro atoms. The first-order valence-corrected chi connectivity index (χ1v) is 9.20. The van der Waals surface area contributed by atoms with E-state index in [0.29, 0.717) is 23.4 Å². The number of sulfonamides is 1. The predicted octanol–water partition coefficient (Wildman–Crippen LogP) is 2.95. The van der Waals surface area contributed by atoms with Crippen molar-refractivity contribution < 1.29 is 17.5 Å². The highest BCUT2D eigenvalue weighted by Gasteiger charge is 2.34. The topological polar surface area (TPSA) is 59.0 Å². The zero-order chi connectivity index (χ0) is 17.3. The second-order valence-electron chi connectivity index (χ2n) is 5.59. The van der Waals surface area contributed by atoms with E-state index in [1.807, 2.05) is 12.1 Å². The molecule has 1 aliphatic heterocycles. The van der Waals surface area contributed by atoms with E-state index in [1.54, 1.807) is 31.4 Å². The van der Waals surface area contributed by atoms with Crippen LogP contribution in [0, 0.1) is 5.82 Å². The van der Waals surface area contributed by atoms with Crippen molar-refractivity contribution in [3.63, 3.8) is 0 Å². The van der Waals surface area contributed by atoms with Crippen LogP contribution in [0.4, 0.5) is 4.39 Å². The Hall–Kier alpha value is -2.41. The fourth-order valence-electron chi connectivity index (χ4n) is 2.73. The standard InChI is InChI=1S/C17H17FN2O3S/c1-23-15-8-4-5-12(10-15)16-11-17(20(19-16)24(2,21)22)13-6-3-7-14(18)9-13/h3-10,17H,11H2,1-2H3/t17-/m0/s1. The zero-order valence-electron chi connectivity index (χ0n) is 13.3. The number of methoxy groups -OCH3 is 1. The van der Waals surface area contributed by atoms with E-state index in [1.165, 1.54) is 12.1 Å². The average molecular weight is 348 g/mol. The van der Waals surface area contributed by atoms with Crippen molar-refractivity contribution in [3.05, 3.63) is 65.5 Å². The van der Waals surface area contributed by atoms with Gasteiger partial charge in [0, 0.05) is 12.0 Å². The molecule has 0 amide bonds. The number of ether oxygens (including phenoxy) is 1. The van der Waals surface area contributed by atoms with Gasteiger partial charge in [0.1, 0.15) is 11.6 Å². The van der Waals surface area contributed by atoms with Gasteiger partial charge < -0.3 is 4.74 Å². The van der Waals surface area contributed by atoms with Crippen molar-refractivity contribution in [2.24, 2.45) is 5.10 Å². The van der Waals surface area contributed by atoms with Gasteiger partial charge in [0.2, 0.25) is 10.0 Å². The summed E-state index contributed by atoms with van der Waals surface area (Å²) in [4.78, 5) is 0. The minimum atomic E-state index is -3.58. The van der Waals surface area contributed by atoms with Crippen LogP contribution >= 0.6 is 0 Å². The maximum atomic E-state index is 13.5. The maximum Gasteiger partial charge on any atom is 0.247 e. The third-order valence-electron chi connectivity index (χ3n) is 3.85. The van der Waals surface area contributed by atoms with Crippen LogP contribution in [0.1, 0.15) is 23.6 Å². The molecule has 0 bridgehead atoms. The molecule has 2 aromatic carbocycles. The van der Waals surface area contributed by atoms with Crippen LogP contribution in [0.2, 0.25) is 0 Å². The summed E-state index contributed by atoms with van der Waals surface area (Å²) in [6, 6.07) is 12.6. The molecule has 0 saturated carbocycles. The first-order chi connectivity index (χ1) is 11.4. The number of hydrogen-bond acceptors (Lipinski definition) is 4. The SMILES string of the molecule is COc1cccc(C2=NN(S(C)(=O)=O)[C@H](c3cccc(F)c3)C2)c1. The molecule has 0 saturated heterocycles. The van der Waals surface area contributed by atoms with Gasteiger partial charge in [-0.2, -0.15) is 9.52 Å². The van der Waals surface area contributed by atoms with E-state index in [2.05, 4.69) is 5.10 Å². The Labute approximate surface area is 140 Å². The van der Waals surface area contributed by atoms with Crippen LogP contribution in [-0.2, 0) is 10.0 Å². The number of rotatable bonds is 4. The second kappa shape index (κ2) is 6.24. The molecule has 126 valence electrons. The summed E-state index contributed by atoms with van der Waals surface area (Å²) in [7, 11) is -2.01. The number of benzene rings is 2. The Bertz CT molecular complexity index is 896. The Morgan fingerprint density at radius 1 is 1.21 bits per heavy atom. The Morgan fingerprint density at radius 2 is 1.96 bits per heavy atom. The average Bonchev–Trinajstić information content (AvgIpc) is 3.00. The molecule has 24 heavy (non-hydrogen) atoms. The predicted molar refractivity (Wildman–Crippen MR) is 90.0 cm³/mol. The van der Waals surface area contributed by atoms with E-state index in [4.69, 9.17) is 4.74 Å². The molecule has 1 heterocycles. The highest BCUT2D eigenvalue weighted by molar-refractivity contribution is 7.88. The van der Waals surface area contributed by atoms with Crippen molar-refractivity contribution in [2.45, 2.75) is 12.5 Å². The molecule has 1 aliphatic rings. The molecular formula is C17H17FN2O3S. The van der Waals surface area contributed by atoms with Gasteiger partial charge in [0.25, 0.3) is 0 Å². The molecule has 0 fully saturated rings. The summed E-state index contributed by atoms with van der Waals surface area (Å²) in [6.07, 6.45) is 1.46. The second-order valence-corrected chi connectivity index (χ2v) is 7.43. The van der Waals surface area contributed by atoms with Crippen LogP contribution in [0.15, 0.2) is 53.6 Å². The van der Waals surface area contributed by atoms with Crippen molar-refractivity contribution in [1.82, 2.24) is 4.41 Å². The molecule has 0 unspecified atom stereocenters. The van der Waals surface area contributed by atoms with Crippen LogP contribution in [0.25, 0.3) is 0 Å². The quantitative estimate of drug-likeness (QED) is 0.853. The minimum absolute atomic E-state index is 0.365. The minimum Gasteiger partial charge on any atom is -0.497 e. The molecular weight excluding hydrogens is 331 g/mol. The molecule has 0 aromatic heterocycles. The largest absolute Gasteiger partial charge is 0.497 e. The van der Waals surface area contributed by atoms with E-state index in [-0.39, 0.29) is 0 Å². The highest BCUT2D eigenvalue weighted by atomic mass is 32.2. The van der Waals surface area contributed by atoms with Gasteiger partial charge in [-0.3, -0.25) is 0 Å². The summed E-state index contributed by atoms with van der Waals surface area (Å²) in [5.41, 5.74) is 1.97. The van der Waals surface area contributed by atoms with Crippen LogP contribution in [0.5, 0.6) is 5.75 Å². The van der Waals surface area contributed by atoms with Crippen LogP contribution in [0.3, 0.4) is 0 Å². The van der Waals surface area contributed by atoms with Gasteiger partial charge in [-0.1, -0.05) is 24.3 Å². The van der Waals surface area contributed by atoms with Gasteiger partial charge in [-0.15, -0.1) is 0 Å².